The molecule has 0 radical (unpaired) electrons. The second-order valence-corrected chi connectivity index (χ2v) is 7.54. The minimum absolute atomic E-state index is 0.0444. The van der Waals surface area contributed by atoms with E-state index in [1.807, 2.05) is 36.4 Å². The van der Waals surface area contributed by atoms with E-state index < -0.39 is 0 Å². The summed E-state index contributed by atoms with van der Waals surface area (Å²) in [6, 6.07) is 14.9. The average Bonchev–Trinajstić information content (AvgIpc) is 2.62. The summed E-state index contributed by atoms with van der Waals surface area (Å²) in [6.45, 7) is 7.54. The van der Waals surface area contributed by atoms with Crippen molar-refractivity contribution in [3.8, 4) is 5.69 Å². The molecule has 4 nitrogen and oxygen atoms in total. The lowest BCUT2D eigenvalue weighted by Gasteiger charge is -2.18. The van der Waals surface area contributed by atoms with E-state index in [2.05, 4.69) is 26.1 Å². The van der Waals surface area contributed by atoms with Gasteiger partial charge in [-0.05, 0) is 55.7 Å². The molecule has 0 saturated carbocycles. The van der Waals surface area contributed by atoms with Crippen molar-refractivity contribution in [1.82, 2.24) is 9.55 Å². The summed E-state index contributed by atoms with van der Waals surface area (Å²) in [4.78, 5) is 18.0. The molecule has 1 heterocycles. The van der Waals surface area contributed by atoms with Gasteiger partial charge in [0.25, 0.3) is 5.56 Å². The van der Waals surface area contributed by atoms with Gasteiger partial charge in [0.15, 0.2) is 5.82 Å². The van der Waals surface area contributed by atoms with Crippen molar-refractivity contribution in [1.29, 1.82) is 0 Å². The molecular formula is C21H25ClN3O+. The lowest BCUT2D eigenvalue weighted by atomic mass is 10.1. The molecule has 0 saturated heterocycles. The first-order valence-corrected chi connectivity index (χ1v) is 9.46. The van der Waals surface area contributed by atoms with Gasteiger partial charge in [-0.2, -0.15) is 0 Å². The molecule has 1 aromatic heterocycles. The Morgan fingerprint density at radius 2 is 1.77 bits per heavy atom. The highest BCUT2D eigenvalue weighted by Crippen LogP contribution is 2.18. The fourth-order valence-electron chi connectivity index (χ4n) is 3.08. The molecule has 2 N–H and O–H groups in total. The van der Waals surface area contributed by atoms with Crippen LogP contribution in [0.5, 0.6) is 0 Å². The van der Waals surface area contributed by atoms with Gasteiger partial charge in [0.2, 0.25) is 0 Å². The zero-order valence-electron chi connectivity index (χ0n) is 15.4. The van der Waals surface area contributed by atoms with E-state index >= 15 is 0 Å². The molecule has 2 aromatic carbocycles. The zero-order chi connectivity index (χ0) is 18.7. The summed E-state index contributed by atoms with van der Waals surface area (Å²) in [5, 5.41) is 3.53. The molecular weight excluding hydrogens is 346 g/mol. The van der Waals surface area contributed by atoms with Crippen LogP contribution in [0.15, 0.2) is 53.3 Å². The molecule has 0 amide bonds. The number of fused-ring (bicyclic) bond motifs is 1. The first-order chi connectivity index (χ1) is 12.5. The number of quaternary nitrogens is 1. The lowest BCUT2D eigenvalue weighted by Crippen LogP contribution is -2.85. The van der Waals surface area contributed by atoms with Crippen LogP contribution in [0.2, 0.25) is 5.02 Å². The van der Waals surface area contributed by atoms with Gasteiger partial charge in [0.1, 0.15) is 6.04 Å². The maximum absolute atomic E-state index is 13.2. The number of nitrogens with two attached hydrogens (primary N) is 1. The van der Waals surface area contributed by atoms with Crippen LogP contribution in [0.4, 0.5) is 0 Å². The highest BCUT2D eigenvalue weighted by Gasteiger charge is 2.20. The molecule has 1 atom stereocenters. The third-order valence-corrected chi connectivity index (χ3v) is 4.81. The minimum Gasteiger partial charge on any atom is -0.338 e. The van der Waals surface area contributed by atoms with Crippen molar-refractivity contribution >= 4 is 22.5 Å². The van der Waals surface area contributed by atoms with E-state index in [0.29, 0.717) is 16.3 Å². The van der Waals surface area contributed by atoms with Gasteiger partial charge < -0.3 is 5.32 Å². The van der Waals surface area contributed by atoms with Crippen LogP contribution in [-0.2, 0) is 0 Å². The standard InChI is InChI=1S/C21H24ClN3O/c1-14(2)12-13-23-15(3)20-24-19-7-5-4-6-18(19)21(26)25(20)17-10-8-16(22)9-11-17/h4-11,14-15,23H,12-13H2,1-3H3/p+1/t15-/m0/s1. The highest BCUT2D eigenvalue weighted by atomic mass is 35.5. The van der Waals surface area contributed by atoms with Crippen molar-refractivity contribution < 1.29 is 5.32 Å². The summed E-state index contributed by atoms with van der Waals surface area (Å²) >= 11 is 6.03. The second kappa shape index (κ2) is 8.02. The highest BCUT2D eigenvalue weighted by molar-refractivity contribution is 6.30. The monoisotopic (exact) mass is 370 g/mol. The van der Waals surface area contributed by atoms with Crippen LogP contribution < -0.4 is 10.9 Å². The van der Waals surface area contributed by atoms with Crippen LogP contribution in [0.1, 0.15) is 39.1 Å². The molecule has 3 aromatic rings. The summed E-state index contributed by atoms with van der Waals surface area (Å²) in [5.74, 6) is 1.42. The van der Waals surface area contributed by atoms with Crippen molar-refractivity contribution in [3.05, 3.63) is 69.7 Å². The Morgan fingerprint density at radius 1 is 1.08 bits per heavy atom. The Morgan fingerprint density at radius 3 is 2.46 bits per heavy atom. The summed E-state index contributed by atoms with van der Waals surface area (Å²) in [7, 11) is 0. The maximum Gasteiger partial charge on any atom is 0.266 e. The number of hydrogen-bond donors (Lipinski definition) is 1. The predicted molar refractivity (Wildman–Crippen MR) is 107 cm³/mol. The third-order valence-electron chi connectivity index (χ3n) is 4.56. The molecule has 0 aliphatic heterocycles. The van der Waals surface area contributed by atoms with Crippen LogP contribution in [0.3, 0.4) is 0 Å². The van der Waals surface area contributed by atoms with Crippen molar-refractivity contribution in [2.75, 3.05) is 6.54 Å². The average molecular weight is 371 g/mol. The SMILES string of the molecule is CC(C)CC[NH2+][C@@H](C)c1nc2ccccc2c(=O)n1-c1ccc(Cl)cc1. The molecule has 0 bridgehead atoms. The van der Waals surface area contributed by atoms with Gasteiger partial charge in [-0.25, -0.2) is 4.98 Å². The van der Waals surface area contributed by atoms with Gasteiger partial charge in [-0.15, -0.1) is 0 Å². The van der Waals surface area contributed by atoms with Gasteiger partial charge in [-0.1, -0.05) is 37.6 Å². The zero-order valence-corrected chi connectivity index (χ0v) is 16.2. The minimum atomic E-state index is -0.0444. The van der Waals surface area contributed by atoms with Crippen molar-refractivity contribution in [2.24, 2.45) is 5.92 Å². The van der Waals surface area contributed by atoms with Crippen molar-refractivity contribution in [3.63, 3.8) is 0 Å². The van der Waals surface area contributed by atoms with Crippen molar-refractivity contribution in [2.45, 2.75) is 33.2 Å². The maximum atomic E-state index is 13.2. The third kappa shape index (κ3) is 3.97. The van der Waals surface area contributed by atoms with E-state index in [1.54, 1.807) is 16.7 Å². The molecule has 0 spiro atoms. The van der Waals surface area contributed by atoms with Crippen LogP contribution >= 0.6 is 11.6 Å². The smallest absolute Gasteiger partial charge is 0.266 e. The van der Waals surface area contributed by atoms with Crippen LogP contribution in [-0.4, -0.2) is 16.1 Å². The molecule has 3 rings (SSSR count). The fraction of sp³-hybridized carbons (Fsp3) is 0.333. The Labute approximate surface area is 158 Å². The number of aromatic nitrogens is 2. The molecule has 136 valence electrons. The van der Waals surface area contributed by atoms with Gasteiger partial charge in [-0.3, -0.25) is 9.36 Å². The van der Waals surface area contributed by atoms with Crippen LogP contribution in [0, 0.1) is 5.92 Å². The quantitative estimate of drug-likeness (QED) is 0.719. The lowest BCUT2D eigenvalue weighted by molar-refractivity contribution is -0.694. The number of halogens is 1. The van der Waals surface area contributed by atoms with Crippen LogP contribution in [0.25, 0.3) is 16.6 Å². The fourth-order valence-corrected chi connectivity index (χ4v) is 3.21. The Bertz CT molecular complexity index is 948. The summed E-state index contributed by atoms with van der Waals surface area (Å²) in [6.07, 6.45) is 1.13. The van der Waals surface area contributed by atoms with E-state index in [1.165, 1.54) is 0 Å². The van der Waals surface area contributed by atoms with Gasteiger partial charge in [0, 0.05) is 5.02 Å². The number of nitrogens with zero attached hydrogens (tertiary/aromatic N) is 2. The molecule has 26 heavy (non-hydrogen) atoms. The van der Waals surface area contributed by atoms with E-state index in [9.17, 15) is 4.79 Å². The Hall–Kier alpha value is -2.17. The molecule has 0 aliphatic carbocycles. The topological polar surface area (TPSA) is 51.5 Å². The van der Waals surface area contributed by atoms with Gasteiger partial charge in [0.05, 0.1) is 23.1 Å². The normalized spacial score (nSPS) is 12.7. The summed E-state index contributed by atoms with van der Waals surface area (Å²) in [5.41, 5.74) is 1.48. The largest absolute Gasteiger partial charge is 0.338 e. The number of benzene rings is 2. The van der Waals surface area contributed by atoms with E-state index in [0.717, 1.165) is 30.0 Å². The molecule has 5 heteroatoms. The van der Waals surface area contributed by atoms with Gasteiger partial charge >= 0.3 is 0 Å². The number of hydrogen-bond acceptors (Lipinski definition) is 2. The molecule has 0 unspecified atom stereocenters. The first-order valence-electron chi connectivity index (χ1n) is 9.08. The second-order valence-electron chi connectivity index (χ2n) is 7.10. The van der Waals surface area contributed by atoms with E-state index in [4.69, 9.17) is 16.6 Å². The summed E-state index contributed by atoms with van der Waals surface area (Å²) < 4.78 is 1.72. The number of para-hydroxylation sites is 1. The number of rotatable bonds is 6. The molecule has 0 fully saturated rings. The first kappa shape index (κ1) is 18.6. The van der Waals surface area contributed by atoms with E-state index in [-0.39, 0.29) is 11.6 Å². The Kier molecular flexibility index (Phi) is 5.74. The Balaban J connectivity index is 2.11. The predicted octanol–water partition coefficient (Wildman–Crippen LogP) is 3.71. The molecule has 0 aliphatic rings.